The van der Waals surface area contributed by atoms with Gasteiger partial charge in [-0.25, -0.2) is 0 Å². The Morgan fingerprint density at radius 2 is 2.40 bits per heavy atom. The van der Waals surface area contributed by atoms with E-state index < -0.39 is 0 Å². The molecular formula is C11H23N3O. The van der Waals surface area contributed by atoms with Gasteiger partial charge in [0.25, 0.3) is 0 Å². The number of hydrogen-bond donors (Lipinski definition) is 2. The Hall–Kier alpha value is -0.610. The lowest BCUT2D eigenvalue weighted by Gasteiger charge is -2.35. The van der Waals surface area contributed by atoms with Gasteiger partial charge in [-0.1, -0.05) is 6.92 Å². The first-order valence-corrected chi connectivity index (χ1v) is 5.84. The first kappa shape index (κ1) is 12.5. The van der Waals surface area contributed by atoms with Gasteiger partial charge in [0.05, 0.1) is 6.54 Å². The maximum atomic E-state index is 11.0. The van der Waals surface area contributed by atoms with Gasteiger partial charge in [-0.3, -0.25) is 9.69 Å². The zero-order valence-corrected chi connectivity index (χ0v) is 9.83. The van der Waals surface area contributed by atoms with Crippen molar-refractivity contribution in [1.29, 1.82) is 0 Å². The summed E-state index contributed by atoms with van der Waals surface area (Å²) >= 11 is 0. The maximum Gasteiger partial charge on any atom is 0.233 e. The molecule has 2 unspecified atom stereocenters. The SMILES string of the molecule is CC1CCCN(C(C)CNC(=O)CN)C1. The summed E-state index contributed by atoms with van der Waals surface area (Å²) in [6.45, 7) is 7.56. The van der Waals surface area contributed by atoms with E-state index in [1.165, 1.54) is 12.8 Å². The third-order valence-corrected chi connectivity index (χ3v) is 3.09. The molecule has 2 atom stereocenters. The van der Waals surface area contributed by atoms with Gasteiger partial charge < -0.3 is 11.1 Å². The van der Waals surface area contributed by atoms with E-state index in [0.717, 1.165) is 19.0 Å². The molecule has 1 aliphatic heterocycles. The standard InChI is InChI=1S/C11H23N3O/c1-9-4-3-5-14(8-9)10(2)7-13-11(15)6-12/h9-10H,3-8,12H2,1-2H3,(H,13,15). The number of nitrogens with one attached hydrogen (secondary N) is 1. The summed E-state index contributed by atoms with van der Waals surface area (Å²) in [4.78, 5) is 13.5. The van der Waals surface area contributed by atoms with E-state index in [0.29, 0.717) is 12.6 Å². The smallest absolute Gasteiger partial charge is 0.233 e. The summed E-state index contributed by atoms with van der Waals surface area (Å²) in [6, 6.07) is 0.420. The van der Waals surface area contributed by atoms with Crippen molar-refractivity contribution < 1.29 is 4.79 Å². The molecular weight excluding hydrogens is 190 g/mol. The first-order valence-electron chi connectivity index (χ1n) is 5.84. The largest absolute Gasteiger partial charge is 0.353 e. The number of nitrogens with two attached hydrogens (primary N) is 1. The van der Waals surface area contributed by atoms with Gasteiger partial charge in [-0.15, -0.1) is 0 Å². The van der Waals surface area contributed by atoms with Crippen LogP contribution < -0.4 is 11.1 Å². The van der Waals surface area contributed by atoms with E-state index in [4.69, 9.17) is 5.73 Å². The molecule has 0 aromatic heterocycles. The molecule has 1 amide bonds. The number of hydrogen-bond acceptors (Lipinski definition) is 3. The quantitative estimate of drug-likeness (QED) is 0.700. The Labute approximate surface area is 92.2 Å². The monoisotopic (exact) mass is 213 g/mol. The molecule has 0 saturated carbocycles. The van der Waals surface area contributed by atoms with Crippen molar-refractivity contribution in [1.82, 2.24) is 10.2 Å². The van der Waals surface area contributed by atoms with Crippen LogP contribution in [0.5, 0.6) is 0 Å². The van der Waals surface area contributed by atoms with Gasteiger partial charge in [-0.05, 0) is 32.2 Å². The Morgan fingerprint density at radius 1 is 1.67 bits per heavy atom. The summed E-state index contributed by atoms with van der Waals surface area (Å²) in [5.74, 6) is 0.721. The number of rotatable bonds is 4. The number of nitrogens with zero attached hydrogens (tertiary/aromatic N) is 1. The van der Waals surface area contributed by atoms with Crippen LogP contribution in [-0.2, 0) is 4.79 Å². The minimum atomic E-state index is -0.0630. The van der Waals surface area contributed by atoms with E-state index >= 15 is 0 Å². The van der Waals surface area contributed by atoms with Crippen LogP contribution in [0.25, 0.3) is 0 Å². The van der Waals surface area contributed by atoms with Gasteiger partial charge in [0.1, 0.15) is 0 Å². The van der Waals surface area contributed by atoms with Crippen LogP contribution in [0, 0.1) is 5.92 Å². The predicted molar refractivity (Wildman–Crippen MR) is 61.5 cm³/mol. The van der Waals surface area contributed by atoms with Crippen molar-refractivity contribution in [2.75, 3.05) is 26.2 Å². The fraction of sp³-hybridized carbons (Fsp3) is 0.909. The molecule has 0 aromatic carbocycles. The minimum Gasteiger partial charge on any atom is -0.353 e. The number of carbonyl (C=O) groups excluding carboxylic acids is 1. The molecule has 1 saturated heterocycles. The molecule has 4 nitrogen and oxygen atoms in total. The van der Waals surface area contributed by atoms with Crippen molar-refractivity contribution in [2.24, 2.45) is 11.7 Å². The summed E-state index contributed by atoms with van der Waals surface area (Å²) < 4.78 is 0. The molecule has 1 rings (SSSR count). The highest BCUT2D eigenvalue weighted by molar-refractivity contribution is 5.77. The fourth-order valence-corrected chi connectivity index (χ4v) is 2.09. The molecule has 4 heteroatoms. The van der Waals surface area contributed by atoms with Crippen LogP contribution in [0.15, 0.2) is 0 Å². The summed E-state index contributed by atoms with van der Waals surface area (Å²) in [7, 11) is 0. The van der Waals surface area contributed by atoms with Crippen molar-refractivity contribution in [3.05, 3.63) is 0 Å². The van der Waals surface area contributed by atoms with E-state index in [1.54, 1.807) is 0 Å². The van der Waals surface area contributed by atoms with Crippen LogP contribution in [0.1, 0.15) is 26.7 Å². The average Bonchev–Trinajstić information content (AvgIpc) is 2.25. The normalized spacial score (nSPS) is 24.9. The first-order chi connectivity index (χ1) is 7.13. The highest BCUT2D eigenvalue weighted by Gasteiger charge is 2.20. The lowest BCUT2D eigenvalue weighted by molar-refractivity contribution is -0.120. The number of amides is 1. The van der Waals surface area contributed by atoms with Gasteiger partial charge in [0, 0.05) is 19.1 Å². The molecule has 15 heavy (non-hydrogen) atoms. The number of carbonyl (C=O) groups is 1. The fourth-order valence-electron chi connectivity index (χ4n) is 2.09. The minimum absolute atomic E-state index is 0.0630. The third-order valence-electron chi connectivity index (χ3n) is 3.09. The Balaban J connectivity index is 2.26. The van der Waals surface area contributed by atoms with Crippen molar-refractivity contribution in [3.63, 3.8) is 0 Å². The number of likely N-dealkylation sites (tertiary alicyclic amines) is 1. The zero-order chi connectivity index (χ0) is 11.3. The molecule has 0 bridgehead atoms. The van der Waals surface area contributed by atoms with Gasteiger partial charge in [0.15, 0.2) is 0 Å². The number of piperidine rings is 1. The molecule has 0 spiro atoms. The Bertz CT molecular complexity index is 208. The van der Waals surface area contributed by atoms with E-state index in [1.807, 2.05) is 0 Å². The van der Waals surface area contributed by atoms with Gasteiger partial charge in [-0.2, -0.15) is 0 Å². The van der Waals surface area contributed by atoms with Crippen molar-refractivity contribution in [3.8, 4) is 0 Å². The van der Waals surface area contributed by atoms with Crippen LogP contribution >= 0.6 is 0 Å². The second-order valence-corrected chi connectivity index (χ2v) is 4.60. The Kier molecular flexibility index (Phi) is 5.05. The van der Waals surface area contributed by atoms with Crippen molar-refractivity contribution in [2.45, 2.75) is 32.7 Å². The molecule has 3 N–H and O–H groups in total. The summed E-state index contributed by atoms with van der Waals surface area (Å²) in [6.07, 6.45) is 2.61. The topological polar surface area (TPSA) is 58.4 Å². The highest BCUT2D eigenvalue weighted by Crippen LogP contribution is 2.17. The third kappa shape index (κ3) is 4.18. The molecule has 1 fully saturated rings. The average molecular weight is 213 g/mol. The molecule has 0 radical (unpaired) electrons. The zero-order valence-electron chi connectivity index (χ0n) is 9.83. The second kappa shape index (κ2) is 6.08. The van der Waals surface area contributed by atoms with E-state index in [2.05, 4.69) is 24.1 Å². The summed E-state index contributed by atoms with van der Waals surface area (Å²) in [5.41, 5.74) is 5.23. The van der Waals surface area contributed by atoms with Crippen LogP contribution in [-0.4, -0.2) is 43.0 Å². The second-order valence-electron chi connectivity index (χ2n) is 4.60. The molecule has 0 aliphatic carbocycles. The molecule has 1 heterocycles. The van der Waals surface area contributed by atoms with Crippen LogP contribution in [0.2, 0.25) is 0 Å². The van der Waals surface area contributed by atoms with Crippen molar-refractivity contribution >= 4 is 5.91 Å². The summed E-state index contributed by atoms with van der Waals surface area (Å²) in [5, 5.41) is 2.84. The molecule has 88 valence electrons. The van der Waals surface area contributed by atoms with Gasteiger partial charge in [0.2, 0.25) is 5.91 Å². The van der Waals surface area contributed by atoms with Crippen LogP contribution in [0.3, 0.4) is 0 Å². The van der Waals surface area contributed by atoms with Crippen LogP contribution in [0.4, 0.5) is 0 Å². The van der Waals surface area contributed by atoms with Gasteiger partial charge >= 0.3 is 0 Å². The van der Waals surface area contributed by atoms with E-state index in [9.17, 15) is 4.79 Å². The molecule has 1 aliphatic rings. The Morgan fingerprint density at radius 3 is 3.00 bits per heavy atom. The van der Waals surface area contributed by atoms with E-state index in [-0.39, 0.29) is 12.5 Å². The maximum absolute atomic E-state index is 11.0. The lowest BCUT2D eigenvalue weighted by atomic mass is 9.99. The molecule has 0 aromatic rings. The highest BCUT2D eigenvalue weighted by atomic mass is 16.1. The predicted octanol–water partition coefficient (Wildman–Crippen LogP) is 0.182. The lowest BCUT2D eigenvalue weighted by Crippen LogP contribution is -2.47.